The second kappa shape index (κ2) is 7.27. The molecule has 18 heavy (non-hydrogen) atoms. The number of benzene rings is 1. The Morgan fingerprint density at radius 1 is 1.33 bits per heavy atom. The minimum absolute atomic E-state index is 0.0363. The molecule has 4 heteroatoms. The van der Waals surface area contributed by atoms with Gasteiger partial charge in [0.25, 0.3) is 0 Å². The molecule has 0 saturated heterocycles. The zero-order valence-electron chi connectivity index (χ0n) is 11.2. The fraction of sp³-hybridized carbons (Fsp3) is 0.500. The van der Waals surface area contributed by atoms with Crippen LogP contribution in [0.15, 0.2) is 12.1 Å². The van der Waals surface area contributed by atoms with E-state index in [2.05, 4.69) is 18.3 Å². The summed E-state index contributed by atoms with van der Waals surface area (Å²) in [7, 11) is 0. The van der Waals surface area contributed by atoms with Gasteiger partial charge in [-0.25, -0.2) is 0 Å². The van der Waals surface area contributed by atoms with Gasteiger partial charge in [0, 0.05) is 12.3 Å². The summed E-state index contributed by atoms with van der Waals surface area (Å²) in [5, 5.41) is 2.75. The summed E-state index contributed by atoms with van der Waals surface area (Å²) in [4.78, 5) is 11.2. The lowest BCUT2D eigenvalue weighted by Gasteiger charge is -2.12. The fourth-order valence-corrected chi connectivity index (χ4v) is 1.85. The maximum absolute atomic E-state index is 11.2. The molecular formula is C14H20ClNO2. The Bertz CT molecular complexity index is 419. The molecule has 0 fully saturated rings. The molecule has 1 aromatic rings. The van der Waals surface area contributed by atoms with E-state index in [0.29, 0.717) is 25.5 Å². The molecule has 1 aromatic carbocycles. The highest BCUT2D eigenvalue weighted by atomic mass is 35.5. The van der Waals surface area contributed by atoms with Crippen molar-refractivity contribution in [2.24, 2.45) is 0 Å². The second-order valence-corrected chi connectivity index (χ2v) is 4.72. The summed E-state index contributed by atoms with van der Waals surface area (Å²) < 4.78 is 5.68. The van der Waals surface area contributed by atoms with E-state index in [9.17, 15) is 4.79 Å². The van der Waals surface area contributed by atoms with E-state index in [1.165, 1.54) is 11.1 Å². The Morgan fingerprint density at radius 2 is 2.06 bits per heavy atom. The highest BCUT2D eigenvalue weighted by Gasteiger charge is 2.04. The van der Waals surface area contributed by atoms with Gasteiger partial charge in [0.2, 0.25) is 5.91 Å². The number of alkyl halides is 1. The van der Waals surface area contributed by atoms with Crippen molar-refractivity contribution in [1.29, 1.82) is 0 Å². The number of hydrogen-bond acceptors (Lipinski definition) is 2. The van der Waals surface area contributed by atoms with Crippen molar-refractivity contribution in [3.63, 3.8) is 0 Å². The molecule has 0 atom stereocenters. The van der Waals surface area contributed by atoms with Gasteiger partial charge in [-0.05, 0) is 43.5 Å². The topological polar surface area (TPSA) is 38.3 Å². The van der Waals surface area contributed by atoms with Gasteiger partial charge in [0.05, 0.1) is 6.54 Å². The van der Waals surface area contributed by atoms with Crippen molar-refractivity contribution in [3.8, 4) is 5.75 Å². The van der Waals surface area contributed by atoms with Gasteiger partial charge in [-0.2, -0.15) is 0 Å². The van der Waals surface area contributed by atoms with Gasteiger partial charge in [-0.3, -0.25) is 4.79 Å². The summed E-state index contributed by atoms with van der Waals surface area (Å²) in [6, 6.07) is 4.15. The Morgan fingerprint density at radius 3 is 2.72 bits per heavy atom. The molecule has 0 aliphatic carbocycles. The van der Waals surface area contributed by atoms with E-state index >= 15 is 0 Å². The Labute approximate surface area is 113 Å². The predicted molar refractivity (Wildman–Crippen MR) is 74.5 cm³/mol. The number of halogens is 1. The van der Waals surface area contributed by atoms with Crippen LogP contribution in [-0.4, -0.2) is 24.9 Å². The van der Waals surface area contributed by atoms with Crippen molar-refractivity contribution in [3.05, 3.63) is 28.8 Å². The first-order valence-corrected chi connectivity index (χ1v) is 6.61. The SMILES string of the molecule is Cc1cc(C)c(C)c(OCCNC(=O)CCCl)c1. The smallest absolute Gasteiger partial charge is 0.221 e. The van der Waals surface area contributed by atoms with Crippen LogP contribution in [0, 0.1) is 20.8 Å². The van der Waals surface area contributed by atoms with Crippen molar-refractivity contribution in [1.82, 2.24) is 5.32 Å². The number of carbonyl (C=O) groups is 1. The first-order valence-electron chi connectivity index (χ1n) is 6.08. The van der Waals surface area contributed by atoms with Crippen LogP contribution in [0.4, 0.5) is 0 Å². The number of ether oxygens (including phenoxy) is 1. The van der Waals surface area contributed by atoms with E-state index in [1.807, 2.05) is 19.9 Å². The Hall–Kier alpha value is -1.22. The molecule has 0 saturated carbocycles. The third-order valence-electron chi connectivity index (χ3n) is 2.77. The van der Waals surface area contributed by atoms with Gasteiger partial charge < -0.3 is 10.1 Å². The summed E-state index contributed by atoms with van der Waals surface area (Å²) in [5.74, 6) is 1.20. The van der Waals surface area contributed by atoms with Crippen LogP contribution in [-0.2, 0) is 4.79 Å². The number of amides is 1. The second-order valence-electron chi connectivity index (χ2n) is 4.34. The fourth-order valence-electron chi connectivity index (χ4n) is 1.68. The summed E-state index contributed by atoms with van der Waals surface area (Å²) in [6.07, 6.45) is 0.351. The van der Waals surface area contributed by atoms with Gasteiger partial charge in [-0.15, -0.1) is 11.6 Å². The molecule has 0 radical (unpaired) electrons. The number of hydrogen-bond donors (Lipinski definition) is 1. The molecule has 1 N–H and O–H groups in total. The average molecular weight is 270 g/mol. The molecule has 1 amide bonds. The van der Waals surface area contributed by atoms with Crippen molar-refractivity contribution < 1.29 is 9.53 Å². The molecule has 1 rings (SSSR count). The van der Waals surface area contributed by atoms with Crippen LogP contribution in [0.1, 0.15) is 23.1 Å². The van der Waals surface area contributed by atoms with E-state index in [4.69, 9.17) is 16.3 Å². The van der Waals surface area contributed by atoms with Crippen molar-refractivity contribution in [2.75, 3.05) is 19.0 Å². The van der Waals surface area contributed by atoms with Crippen LogP contribution in [0.25, 0.3) is 0 Å². The van der Waals surface area contributed by atoms with Crippen LogP contribution in [0.2, 0.25) is 0 Å². The number of nitrogens with one attached hydrogen (secondary N) is 1. The Kier molecular flexibility index (Phi) is 5.99. The lowest BCUT2D eigenvalue weighted by molar-refractivity contribution is -0.120. The minimum atomic E-state index is -0.0363. The lowest BCUT2D eigenvalue weighted by Crippen LogP contribution is -2.28. The molecule has 0 heterocycles. The average Bonchev–Trinajstić information content (AvgIpc) is 2.31. The predicted octanol–water partition coefficient (Wildman–Crippen LogP) is 2.74. The van der Waals surface area contributed by atoms with E-state index in [1.54, 1.807) is 0 Å². The minimum Gasteiger partial charge on any atom is -0.491 e. The summed E-state index contributed by atoms with van der Waals surface area (Å²) in [6.45, 7) is 7.12. The van der Waals surface area contributed by atoms with Gasteiger partial charge >= 0.3 is 0 Å². The summed E-state index contributed by atoms with van der Waals surface area (Å²) >= 11 is 5.47. The molecule has 0 aliphatic heterocycles. The van der Waals surface area contributed by atoms with Crippen LogP contribution in [0.3, 0.4) is 0 Å². The largest absolute Gasteiger partial charge is 0.491 e. The summed E-state index contributed by atoms with van der Waals surface area (Å²) in [5.41, 5.74) is 3.54. The molecule has 100 valence electrons. The normalized spacial score (nSPS) is 10.2. The van der Waals surface area contributed by atoms with Crippen molar-refractivity contribution >= 4 is 17.5 Å². The molecule has 0 bridgehead atoms. The van der Waals surface area contributed by atoms with Crippen LogP contribution < -0.4 is 10.1 Å². The van der Waals surface area contributed by atoms with E-state index < -0.39 is 0 Å². The number of rotatable bonds is 6. The monoisotopic (exact) mass is 269 g/mol. The first kappa shape index (κ1) is 14.8. The molecule has 3 nitrogen and oxygen atoms in total. The quantitative estimate of drug-likeness (QED) is 0.637. The number of aryl methyl sites for hydroxylation is 2. The maximum Gasteiger partial charge on any atom is 0.221 e. The molecule has 0 unspecified atom stereocenters. The third kappa shape index (κ3) is 4.57. The highest BCUT2D eigenvalue weighted by Crippen LogP contribution is 2.22. The van der Waals surface area contributed by atoms with Crippen molar-refractivity contribution in [2.45, 2.75) is 27.2 Å². The lowest BCUT2D eigenvalue weighted by atomic mass is 10.1. The molecule has 0 aromatic heterocycles. The molecule has 0 aliphatic rings. The highest BCUT2D eigenvalue weighted by molar-refractivity contribution is 6.18. The Balaban J connectivity index is 2.42. The van der Waals surface area contributed by atoms with Gasteiger partial charge in [-0.1, -0.05) is 6.07 Å². The molecular weight excluding hydrogens is 250 g/mol. The standard InChI is InChI=1S/C14H20ClNO2/c1-10-8-11(2)12(3)13(9-10)18-7-6-16-14(17)4-5-15/h8-9H,4-7H2,1-3H3,(H,16,17). The van der Waals surface area contributed by atoms with E-state index in [-0.39, 0.29) is 5.91 Å². The van der Waals surface area contributed by atoms with Gasteiger partial charge in [0.15, 0.2) is 0 Å². The zero-order chi connectivity index (χ0) is 13.5. The molecule has 0 spiro atoms. The third-order valence-corrected chi connectivity index (χ3v) is 2.96. The number of carbonyl (C=O) groups excluding carboxylic acids is 1. The van der Waals surface area contributed by atoms with Crippen LogP contribution >= 0.6 is 11.6 Å². The zero-order valence-corrected chi connectivity index (χ0v) is 11.9. The van der Waals surface area contributed by atoms with Gasteiger partial charge in [0.1, 0.15) is 12.4 Å². The van der Waals surface area contributed by atoms with E-state index in [0.717, 1.165) is 11.3 Å². The first-order chi connectivity index (χ1) is 8.54. The van der Waals surface area contributed by atoms with Crippen LogP contribution in [0.5, 0.6) is 5.75 Å². The maximum atomic E-state index is 11.2.